The summed E-state index contributed by atoms with van der Waals surface area (Å²) in [6, 6.07) is 0. The topological polar surface area (TPSA) is 160 Å². The van der Waals surface area contributed by atoms with Gasteiger partial charge in [-0.25, -0.2) is 4.79 Å². The van der Waals surface area contributed by atoms with Gasteiger partial charge in [0.15, 0.2) is 5.79 Å². The van der Waals surface area contributed by atoms with Crippen LogP contribution in [-0.2, 0) is 28.6 Å². The zero-order valence-corrected chi connectivity index (χ0v) is 35.5. The number of carbonyl (C=O) groups is 3. The number of fused-ring (bicyclic) bond motifs is 2. The highest BCUT2D eigenvalue weighted by Crippen LogP contribution is 2.49. The summed E-state index contributed by atoms with van der Waals surface area (Å²) in [4.78, 5) is 40.4. The van der Waals surface area contributed by atoms with Gasteiger partial charge in [-0.2, -0.15) is 0 Å². The van der Waals surface area contributed by atoms with E-state index < -0.39 is 77.6 Å². The normalized spacial score (nSPS) is 46.1. The first-order valence-electron chi connectivity index (χ1n) is 21.1. The molecule has 3 heterocycles. The average molecular weight is 775 g/mol. The van der Waals surface area contributed by atoms with Crippen LogP contribution in [0.3, 0.4) is 0 Å². The van der Waals surface area contributed by atoms with Crippen molar-refractivity contribution in [3.8, 4) is 0 Å². The maximum atomic E-state index is 13.5. The van der Waals surface area contributed by atoms with Crippen molar-refractivity contribution in [3.63, 3.8) is 0 Å². The molecule has 2 fully saturated rings. The Morgan fingerprint density at radius 1 is 0.764 bits per heavy atom. The zero-order valence-electron chi connectivity index (χ0n) is 35.5. The van der Waals surface area contributed by atoms with E-state index in [1.165, 1.54) is 6.08 Å². The Balaban J connectivity index is 1.97. The second-order valence-electron chi connectivity index (χ2n) is 17.7. The van der Waals surface area contributed by atoms with E-state index in [-0.39, 0.29) is 47.6 Å². The number of rotatable bonds is 3. The van der Waals surface area contributed by atoms with Gasteiger partial charge in [-0.15, -0.1) is 0 Å². The minimum atomic E-state index is -1.30. The number of allylic oxidation sites excluding steroid dienone is 4. The molecule has 3 rings (SSSR count). The fraction of sp³-hybridized carbons (Fsp3) is 0.800. The molecule has 10 heteroatoms. The molecule has 0 aromatic heterocycles. The largest absolute Gasteiger partial charge is 0.458 e. The third-order valence-corrected chi connectivity index (χ3v) is 13.4. The van der Waals surface area contributed by atoms with Crippen molar-refractivity contribution in [3.05, 3.63) is 36.5 Å². The summed E-state index contributed by atoms with van der Waals surface area (Å²) in [5.41, 5.74) is 0. The van der Waals surface area contributed by atoms with Gasteiger partial charge in [0.2, 0.25) is 0 Å². The predicted octanol–water partition coefficient (Wildman–Crippen LogP) is 6.77. The molecule has 314 valence electrons. The Kier molecular flexibility index (Phi) is 18.0. The van der Waals surface area contributed by atoms with E-state index in [1.54, 1.807) is 47.6 Å². The second-order valence-corrected chi connectivity index (χ2v) is 17.7. The standard InChI is InChI=1S/C45H74O10/c1-12-35-17-15-13-14-16-26(3)39(48)30(7)41(50)32(9)43(52)33(10)42(51)31(8)40(49)27(4)18-21-38(47)53-44-29(6)36(20-19-35)54-45(34(44)11)23-22-25(2)37(55-45)24-28(5)46/h13-15,17-18,21,25-37,39-40,43-44,46,48-49,52H,12,16,19-20,22-24H2,1-11H3/b14-13+,17-15+,21-18+/t25-,26-,27-,28+,29+,30-,31+,32-,33+,34+,35+,36-,37-,39+,40+,43-,44+,45-/m0/s1. The maximum absolute atomic E-state index is 13.5. The summed E-state index contributed by atoms with van der Waals surface area (Å²) >= 11 is 0. The lowest BCUT2D eigenvalue weighted by Gasteiger charge is -2.55. The van der Waals surface area contributed by atoms with Crippen LogP contribution in [0.2, 0.25) is 0 Å². The highest BCUT2D eigenvalue weighted by Gasteiger charge is 2.56. The quantitative estimate of drug-likeness (QED) is 0.226. The van der Waals surface area contributed by atoms with Crippen LogP contribution in [0.4, 0.5) is 0 Å². The van der Waals surface area contributed by atoms with E-state index in [0.717, 1.165) is 25.7 Å². The smallest absolute Gasteiger partial charge is 0.330 e. The van der Waals surface area contributed by atoms with Crippen LogP contribution in [0.15, 0.2) is 36.5 Å². The monoisotopic (exact) mass is 775 g/mol. The first-order chi connectivity index (χ1) is 25.8. The Morgan fingerprint density at radius 2 is 1.36 bits per heavy atom. The molecule has 0 amide bonds. The molecule has 3 aliphatic heterocycles. The number of ketones is 2. The molecule has 3 aliphatic rings. The van der Waals surface area contributed by atoms with Crippen LogP contribution in [0.1, 0.15) is 121 Å². The van der Waals surface area contributed by atoms with E-state index in [0.29, 0.717) is 19.3 Å². The third-order valence-electron chi connectivity index (χ3n) is 13.4. The van der Waals surface area contributed by atoms with Crippen molar-refractivity contribution in [2.45, 2.75) is 170 Å². The van der Waals surface area contributed by atoms with Crippen molar-refractivity contribution in [2.75, 3.05) is 0 Å². The van der Waals surface area contributed by atoms with Crippen molar-refractivity contribution < 1.29 is 49.0 Å². The van der Waals surface area contributed by atoms with Gasteiger partial charge in [0, 0.05) is 53.9 Å². The van der Waals surface area contributed by atoms with E-state index in [4.69, 9.17) is 14.2 Å². The van der Waals surface area contributed by atoms with Crippen LogP contribution in [-0.4, -0.2) is 86.5 Å². The molecule has 10 nitrogen and oxygen atoms in total. The van der Waals surface area contributed by atoms with Crippen LogP contribution in [0, 0.1) is 59.2 Å². The van der Waals surface area contributed by atoms with Gasteiger partial charge >= 0.3 is 5.97 Å². The lowest BCUT2D eigenvalue weighted by molar-refractivity contribution is -0.371. The minimum absolute atomic E-state index is 0.144. The molecule has 2 bridgehead atoms. The SMILES string of the molecule is CC[C@@H]1/C=C/C=C/C[C@H](C)[C@@H](O)[C@H](C)C(=O)[C@H](C)[C@H](O)[C@H](C)C(=O)[C@H](C)[C@H](O)[C@@H](C)/C=C/C(=O)O[C@@H]2[C@H](C)[C@H](CC1)O[C@]1(CC[C@H](C)[C@H](C[C@@H](C)O)O1)[C@@H]2C. The zero-order chi connectivity index (χ0) is 41.4. The van der Waals surface area contributed by atoms with E-state index in [2.05, 4.69) is 26.8 Å². The average Bonchev–Trinajstić information content (AvgIpc) is 3.16. The van der Waals surface area contributed by atoms with Gasteiger partial charge in [-0.3, -0.25) is 9.59 Å². The molecule has 18 atom stereocenters. The number of aliphatic hydroxyl groups is 4. The Labute approximate surface area is 331 Å². The molecule has 0 saturated carbocycles. The summed E-state index contributed by atoms with van der Waals surface area (Å²) in [6.07, 6.45) is 11.1. The van der Waals surface area contributed by atoms with Gasteiger partial charge in [0.05, 0.1) is 36.6 Å². The van der Waals surface area contributed by atoms with Crippen molar-refractivity contribution in [1.29, 1.82) is 0 Å². The van der Waals surface area contributed by atoms with Gasteiger partial charge in [-0.05, 0) is 63.2 Å². The lowest BCUT2D eigenvalue weighted by atomic mass is 9.74. The van der Waals surface area contributed by atoms with E-state index in [1.807, 2.05) is 32.1 Å². The van der Waals surface area contributed by atoms with Gasteiger partial charge in [0.1, 0.15) is 17.7 Å². The number of Topliss-reactive ketones (excluding diaryl/α,β-unsaturated/α-hetero) is 2. The second kappa shape index (κ2) is 21.0. The molecule has 2 saturated heterocycles. The number of aliphatic hydroxyl groups excluding tert-OH is 4. The third kappa shape index (κ3) is 11.9. The van der Waals surface area contributed by atoms with Crippen LogP contribution >= 0.6 is 0 Å². The molecule has 0 unspecified atom stereocenters. The van der Waals surface area contributed by atoms with E-state index >= 15 is 0 Å². The first kappa shape index (κ1) is 47.2. The van der Waals surface area contributed by atoms with E-state index in [9.17, 15) is 34.8 Å². The molecule has 55 heavy (non-hydrogen) atoms. The lowest BCUT2D eigenvalue weighted by Crippen LogP contribution is -2.62. The molecule has 0 aliphatic carbocycles. The summed E-state index contributed by atoms with van der Waals surface area (Å²) < 4.78 is 20.0. The molecular weight excluding hydrogens is 700 g/mol. The van der Waals surface area contributed by atoms with Crippen LogP contribution in [0.25, 0.3) is 0 Å². The molecule has 0 aromatic carbocycles. The summed E-state index contributed by atoms with van der Waals surface area (Å²) in [7, 11) is 0. The predicted molar refractivity (Wildman–Crippen MR) is 213 cm³/mol. The first-order valence-corrected chi connectivity index (χ1v) is 21.1. The number of hydrogen-bond donors (Lipinski definition) is 4. The fourth-order valence-corrected chi connectivity index (χ4v) is 8.95. The summed E-state index contributed by atoms with van der Waals surface area (Å²) in [6.45, 7) is 20.1. The molecule has 4 N–H and O–H groups in total. The van der Waals surface area contributed by atoms with Crippen LogP contribution in [0.5, 0.6) is 0 Å². The Morgan fingerprint density at radius 3 is 1.96 bits per heavy atom. The fourth-order valence-electron chi connectivity index (χ4n) is 8.95. The van der Waals surface area contributed by atoms with Gasteiger partial charge in [-0.1, -0.05) is 99.6 Å². The highest BCUT2D eigenvalue weighted by atomic mass is 16.7. The van der Waals surface area contributed by atoms with Gasteiger partial charge < -0.3 is 34.6 Å². The summed E-state index contributed by atoms with van der Waals surface area (Å²) in [5, 5.41) is 43.8. The van der Waals surface area contributed by atoms with Crippen molar-refractivity contribution in [2.24, 2.45) is 59.2 Å². The Hall–Kier alpha value is -2.21. The number of esters is 1. The van der Waals surface area contributed by atoms with Gasteiger partial charge in [0.25, 0.3) is 0 Å². The molecular formula is C45H74O10. The van der Waals surface area contributed by atoms with Crippen molar-refractivity contribution >= 4 is 17.5 Å². The maximum Gasteiger partial charge on any atom is 0.330 e. The molecule has 0 aromatic rings. The summed E-state index contributed by atoms with van der Waals surface area (Å²) in [5.74, 6) is -6.53. The molecule has 0 radical (unpaired) electrons. The Bertz CT molecular complexity index is 1340. The number of hydrogen-bond acceptors (Lipinski definition) is 10. The number of carbonyl (C=O) groups excluding carboxylic acids is 3. The highest BCUT2D eigenvalue weighted by molar-refractivity contribution is 5.87. The number of ether oxygens (including phenoxy) is 3. The van der Waals surface area contributed by atoms with Crippen molar-refractivity contribution in [1.82, 2.24) is 0 Å². The van der Waals surface area contributed by atoms with Crippen LogP contribution < -0.4 is 0 Å². The molecule has 1 spiro atoms. The minimum Gasteiger partial charge on any atom is -0.458 e.